The molecule has 2 aromatic heterocycles. The largest absolute Gasteiger partial charge is 0.482 e. The Labute approximate surface area is 190 Å². The van der Waals surface area contributed by atoms with Crippen molar-refractivity contribution in [3.63, 3.8) is 0 Å². The first-order valence-electron chi connectivity index (χ1n) is 10.8. The molecule has 9 heteroatoms. The number of carbonyl (C=O) groups is 2. The zero-order valence-corrected chi connectivity index (χ0v) is 18.8. The van der Waals surface area contributed by atoms with E-state index in [0.717, 1.165) is 42.8 Å². The number of thiophene rings is 1. The van der Waals surface area contributed by atoms with Crippen LogP contribution in [0.25, 0.3) is 10.4 Å². The van der Waals surface area contributed by atoms with Crippen LogP contribution in [0.15, 0.2) is 40.9 Å². The number of aromatic nitrogens is 2. The van der Waals surface area contributed by atoms with E-state index in [4.69, 9.17) is 9.26 Å². The summed E-state index contributed by atoms with van der Waals surface area (Å²) in [6.45, 7) is 3.56. The topological polar surface area (TPSA) is 97.6 Å². The van der Waals surface area contributed by atoms with E-state index in [-0.39, 0.29) is 18.4 Å². The highest BCUT2D eigenvalue weighted by molar-refractivity contribution is 7.17. The van der Waals surface area contributed by atoms with E-state index in [1.54, 1.807) is 6.92 Å². The number of ether oxygens (including phenoxy) is 1. The average Bonchev–Trinajstić information content (AvgIpc) is 3.45. The third-order valence-corrected chi connectivity index (χ3v) is 6.38. The normalized spacial score (nSPS) is 13.7. The smallest absolute Gasteiger partial charge is 0.265 e. The molecule has 8 nitrogen and oxygen atoms in total. The van der Waals surface area contributed by atoms with E-state index in [1.807, 2.05) is 41.3 Å². The van der Waals surface area contributed by atoms with E-state index >= 15 is 0 Å². The molecule has 2 amide bonds. The van der Waals surface area contributed by atoms with E-state index < -0.39 is 0 Å². The first-order chi connectivity index (χ1) is 15.6. The average molecular weight is 455 g/mol. The number of carbonyl (C=O) groups excluding carboxylic acids is 2. The molecule has 0 unspecified atom stereocenters. The summed E-state index contributed by atoms with van der Waals surface area (Å²) in [4.78, 5) is 32.8. The first-order valence-corrected chi connectivity index (χ1v) is 11.6. The molecule has 0 radical (unpaired) electrons. The van der Waals surface area contributed by atoms with Crippen molar-refractivity contribution in [2.45, 2.75) is 32.6 Å². The molecular weight excluding hydrogens is 428 g/mol. The van der Waals surface area contributed by atoms with Gasteiger partial charge in [-0.25, -0.2) is 0 Å². The quantitative estimate of drug-likeness (QED) is 0.560. The molecule has 0 spiro atoms. The van der Waals surface area contributed by atoms with Gasteiger partial charge in [-0.2, -0.15) is 4.98 Å². The number of hydrogen-bond donors (Lipinski definition) is 1. The van der Waals surface area contributed by atoms with Gasteiger partial charge in [0.15, 0.2) is 12.4 Å². The number of hydrogen-bond acceptors (Lipinski definition) is 7. The molecule has 1 fully saturated rings. The van der Waals surface area contributed by atoms with E-state index in [9.17, 15) is 9.59 Å². The second-order valence-corrected chi connectivity index (χ2v) is 8.69. The molecule has 4 rings (SSSR count). The molecule has 1 aromatic carbocycles. The van der Waals surface area contributed by atoms with Gasteiger partial charge in [0.25, 0.3) is 11.8 Å². The summed E-state index contributed by atoms with van der Waals surface area (Å²) < 4.78 is 10.9. The summed E-state index contributed by atoms with van der Waals surface area (Å²) in [5.41, 5.74) is 0.991. The Morgan fingerprint density at radius 3 is 2.69 bits per heavy atom. The highest BCUT2D eigenvalue weighted by Gasteiger charge is 2.22. The molecule has 1 aliphatic rings. The molecule has 1 N–H and O–H groups in total. The summed E-state index contributed by atoms with van der Waals surface area (Å²) in [5, 5.41) is 6.63. The molecule has 168 valence electrons. The Kier molecular flexibility index (Phi) is 7.16. The monoisotopic (exact) mass is 454 g/mol. The minimum atomic E-state index is -0.256. The van der Waals surface area contributed by atoms with Gasteiger partial charge < -0.3 is 19.5 Å². The fourth-order valence-electron chi connectivity index (χ4n) is 3.56. The molecule has 32 heavy (non-hydrogen) atoms. The Balaban J connectivity index is 1.45. The van der Waals surface area contributed by atoms with E-state index in [2.05, 4.69) is 15.5 Å². The number of rotatable bonds is 8. The van der Waals surface area contributed by atoms with Crippen molar-refractivity contribution < 1.29 is 18.8 Å². The summed E-state index contributed by atoms with van der Waals surface area (Å²) >= 11 is 1.34. The molecule has 1 saturated heterocycles. The molecule has 0 aliphatic carbocycles. The maximum atomic E-state index is 12.9. The van der Waals surface area contributed by atoms with Gasteiger partial charge in [0.2, 0.25) is 5.89 Å². The predicted octanol–water partition coefficient (Wildman–Crippen LogP) is 3.47. The van der Waals surface area contributed by atoms with Gasteiger partial charge in [-0.3, -0.25) is 9.59 Å². The standard InChI is InChI=1S/C23H26N4O4S/c1-16-25-20(31-26-16)10-11-24-23(29)22-18(14-19(32-22)17-8-4-2-5-9-17)30-15-21(28)27-12-6-3-7-13-27/h2,4-5,8-9,14H,3,6-7,10-13,15H2,1H3,(H,24,29). The summed E-state index contributed by atoms with van der Waals surface area (Å²) in [5.74, 6) is 1.16. The van der Waals surface area contributed by atoms with Crippen LogP contribution < -0.4 is 10.1 Å². The maximum Gasteiger partial charge on any atom is 0.265 e. The Bertz CT molecular complexity index is 1060. The highest BCUT2D eigenvalue weighted by Crippen LogP contribution is 2.36. The van der Waals surface area contributed by atoms with Crippen LogP contribution in [0.3, 0.4) is 0 Å². The van der Waals surface area contributed by atoms with Crippen molar-refractivity contribution in [1.29, 1.82) is 0 Å². The van der Waals surface area contributed by atoms with Gasteiger partial charge in [0.05, 0.1) is 0 Å². The number of benzene rings is 1. The number of amides is 2. The number of aryl methyl sites for hydroxylation is 1. The summed E-state index contributed by atoms with van der Waals surface area (Å²) in [6, 6.07) is 11.6. The predicted molar refractivity (Wildman–Crippen MR) is 121 cm³/mol. The van der Waals surface area contributed by atoms with Gasteiger partial charge in [-0.1, -0.05) is 35.5 Å². The van der Waals surface area contributed by atoms with Crippen molar-refractivity contribution >= 4 is 23.2 Å². The van der Waals surface area contributed by atoms with Crippen LogP contribution in [0.5, 0.6) is 5.75 Å². The van der Waals surface area contributed by atoms with Crippen molar-refractivity contribution in [2.75, 3.05) is 26.2 Å². The Hall–Kier alpha value is -3.20. The van der Waals surface area contributed by atoms with Crippen LogP contribution in [0.4, 0.5) is 0 Å². The molecular formula is C23H26N4O4S. The number of piperidine rings is 1. The highest BCUT2D eigenvalue weighted by atomic mass is 32.1. The van der Waals surface area contributed by atoms with Gasteiger partial charge in [0, 0.05) is 30.9 Å². The molecule has 0 bridgehead atoms. The SMILES string of the molecule is Cc1noc(CCNC(=O)c2sc(-c3ccccc3)cc2OCC(=O)N2CCCCC2)n1. The zero-order valence-electron chi connectivity index (χ0n) is 18.0. The van der Waals surface area contributed by atoms with Gasteiger partial charge in [0.1, 0.15) is 10.6 Å². The van der Waals surface area contributed by atoms with Crippen LogP contribution in [0.2, 0.25) is 0 Å². The summed E-state index contributed by atoms with van der Waals surface area (Å²) in [6.07, 6.45) is 3.64. The third kappa shape index (κ3) is 5.53. The summed E-state index contributed by atoms with van der Waals surface area (Å²) in [7, 11) is 0. The number of nitrogens with zero attached hydrogens (tertiary/aromatic N) is 3. The van der Waals surface area contributed by atoms with Gasteiger partial charge >= 0.3 is 0 Å². The fourth-order valence-corrected chi connectivity index (χ4v) is 4.59. The minimum Gasteiger partial charge on any atom is -0.482 e. The molecule has 3 aromatic rings. The molecule has 0 atom stereocenters. The second-order valence-electron chi connectivity index (χ2n) is 7.64. The number of nitrogens with one attached hydrogen (secondary N) is 1. The van der Waals surface area contributed by atoms with Crippen molar-refractivity contribution in [3.8, 4) is 16.2 Å². The minimum absolute atomic E-state index is 0.0460. The van der Waals surface area contributed by atoms with Crippen LogP contribution in [0.1, 0.15) is 40.6 Å². The number of likely N-dealkylation sites (tertiary alicyclic amines) is 1. The van der Waals surface area contributed by atoms with Gasteiger partial charge in [-0.05, 0) is 37.8 Å². The van der Waals surface area contributed by atoms with Crippen molar-refractivity contribution in [3.05, 3.63) is 53.0 Å². The van der Waals surface area contributed by atoms with Crippen LogP contribution in [0, 0.1) is 6.92 Å². The van der Waals surface area contributed by atoms with E-state index in [0.29, 0.717) is 35.3 Å². The second kappa shape index (κ2) is 10.4. The Morgan fingerprint density at radius 1 is 1.19 bits per heavy atom. The lowest BCUT2D eigenvalue weighted by Gasteiger charge is -2.26. The van der Waals surface area contributed by atoms with Crippen molar-refractivity contribution in [1.82, 2.24) is 20.4 Å². The molecule has 3 heterocycles. The lowest BCUT2D eigenvalue weighted by molar-refractivity contribution is -0.134. The van der Waals surface area contributed by atoms with Crippen molar-refractivity contribution in [2.24, 2.45) is 0 Å². The van der Waals surface area contributed by atoms with Gasteiger partial charge in [-0.15, -0.1) is 11.3 Å². The van der Waals surface area contributed by atoms with Crippen LogP contribution >= 0.6 is 11.3 Å². The van der Waals surface area contributed by atoms with Crippen LogP contribution in [-0.2, 0) is 11.2 Å². The first kappa shape index (κ1) is 22.0. The fraction of sp³-hybridized carbons (Fsp3) is 0.391. The third-order valence-electron chi connectivity index (χ3n) is 5.22. The lowest BCUT2D eigenvalue weighted by atomic mass is 10.1. The molecule has 0 saturated carbocycles. The maximum absolute atomic E-state index is 12.9. The Morgan fingerprint density at radius 2 is 1.97 bits per heavy atom. The lowest BCUT2D eigenvalue weighted by Crippen LogP contribution is -2.38. The zero-order chi connectivity index (χ0) is 22.3. The van der Waals surface area contributed by atoms with E-state index in [1.165, 1.54) is 11.3 Å². The van der Waals surface area contributed by atoms with Crippen LogP contribution in [-0.4, -0.2) is 53.1 Å². The molecule has 1 aliphatic heterocycles.